The molecule has 0 spiro atoms. The summed E-state index contributed by atoms with van der Waals surface area (Å²) in [5.74, 6) is -0.821. The summed E-state index contributed by atoms with van der Waals surface area (Å²) in [6, 6.07) is 10.8. The van der Waals surface area contributed by atoms with Crippen LogP contribution in [0, 0.1) is 5.92 Å². The number of benzene rings is 2. The van der Waals surface area contributed by atoms with Gasteiger partial charge in [-0.15, -0.1) is 24.9 Å². The number of ether oxygens (including phenoxy) is 1. The molecular weight excluding hydrogens is 517 g/mol. The number of hydrogen-bond acceptors (Lipinski definition) is 4. The van der Waals surface area contributed by atoms with Crippen molar-refractivity contribution in [2.24, 2.45) is 5.92 Å². The number of fused-ring (bicyclic) bond motifs is 1. The Hall–Kier alpha value is -2.88. The number of hydrogen-bond donors (Lipinski definition) is 2. The minimum atomic E-state index is -4.78. The molecule has 2 aliphatic rings. The Morgan fingerprint density at radius 2 is 1.68 bits per heavy atom. The van der Waals surface area contributed by atoms with Gasteiger partial charge in [-0.25, -0.2) is 4.79 Å². The molecule has 1 fully saturated rings. The number of aliphatic carboxylic acids is 1. The first-order valence-corrected chi connectivity index (χ1v) is 13.7. The van der Waals surface area contributed by atoms with E-state index in [1.54, 1.807) is 13.8 Å². The van der Waals surface area contributed by atoms with Crippen LogP contribution in [0.25, 0.3) is 0 Å². The zero-order valence-electron chi connectivity index (χ0n) is 21.5. The minimum Gasteiger partial charge on any atom is -0.480 e. The molecule has 4 rings (SSSR count). The van der Waals surface area contributed by atoms with Gasteiger partial charge in [0.2, 0.25) is 0 Å². The van der Waals surface area contributed by atoms with Crippen molar-refractivity contribution >= 4 is 29.4 Å². The fourth-order valence-corrected chi connectivity index (χ4v) is 6.19. The molecule has 0 heterocycles. The summed E-state index contributed by atoms with van der Waals surface area (Å²) in [6.45, 7) is 3.97. The molecule has 0 aliphatic heterocycles. The summed E-state index contributed by atoms with van der Waals surface area (Å²) in [4.78, 5) is 27.8. The Balaban J connectivity index is 1.48. The molecule has 6 nitrogen and oxygen atoms in total. The first kappa shape index (κ1) is 28.1. The number of carbonyl (C=O) groups is 2. The maximum absolute atomic E-state index is 13.5. The van der Waals surface area contributed by atoms with Gasteiger partial charge < -0.3 is 20.1 Å². The van der Waals surface area contributed by atoms with Gasteiger partial charge in [-0.05, 0) is 93.0 Å². The molecule has 1 unspecified atom stereocenters. The lowest BCUT2D eigenvalue weighted by Crippen LogP contribution is -2.46. The maximum atomic E-state index is 13.5. The third kappa shape index (κ3) is 7.36. The Morgan fingerprint density at radius 3 is 2.32 bits per heavy atom. The SMILES string of the molecule is CC(C)(Sc1ccc2c(c1)CC(N(CC1CCCCC1)C(=O)Nc1ccc(OC(F)(F)F)cc1)C2)C(=O)O. The molecule has 1 saturated carbocycles. The topological polar surface area (TPSA) is 78.9 Å². The predicted octanol–water partition coefficient (Wildman–Crippen LogP) is 7.12. The number of nitrogens with one attached hydrogen (secondary N) is 1. The van der Waals surface area contributed by atoms with Crippen molar-refractivity contribution in [3.05, 3.63) is 53.6 Å². The zero-order chi connectivity index (χ0) is 27.5. The monoisotopic (exact) mass is 550 g/mol. The van der Waals surface area contributed by atoms with E-state index in [0.717, 1.165) is 41.7 Å². The highest BCUT2D eigenvalue weighted by Gasteiger charge is 2.34. The van der Waals surface area contributed by atoms with Crippen LogP contribution in [0.1, 0.15) is 57.1 Å². The van der Waals surface area contributed by atoms with Crippen molar-refractivity contribution in [1.29, 1.82) is 0 Å². The average Bonchev–Trinajstić information content (AvgIpc) is 3.26. The number of amides is 2. The zero-order valence-corrected chi connectivity index (χ0v) is 22.3. The molecule has 1 atom stereocenters. The second kappa shape index (κ2) is 11.5. The first-order valence-electron chi connectivity index (χ1n) is 12.9. The van der Waals surface area contributed by atoms with Gasteiger partial charge in [0.15, 0.2) is 0 Å². The van der Waals surface area contributed by atoms with Crippen LogP contribution >= 0.6 is 11.8 Å². The van der Waals surface area contributed by atoms with E-state index in [0.29, 0.717) is 31.0 Å². The highest BCUT2D eigenvalue weighted by molar-refractivity contribution is 8.01. The van der Waals surface area contributed by atoms with Crippen molar-refractivity contribution in [2.45, 2.75) is 80.8 Å². The molecule has 2 amide bonds. The number of carboxylic acids is 1. The molecular formula is C28H33F3N2O4S. The molecule has 0 aromatic heterocycles. The molecule has 2 aliphatic carbocycles. The van der Waals surface area contributed by atoms with E-state index in [1.165, 1.54) is 42.4 Å². The molecule has 0 bridgehead atoms. The molecule has 206 valence electrons. The number of carboxylic acid groups (broad SMARTS) is 1. The van der Waals surface area contributed by atoms with E-state index in [9.17, 15) is 27.9 Å². The third-order valence-corrected chi connectivity index (χ3v) is 8.37. The third-order valence-electron chi connectivity index (χ3n) is 7.20. The molecule has 38 heavy (non-hydrogen) atoms. The second-order valence-corrected chi connectivity index (χ2v) is 12.3. The van der Waals surface area contributed by atoms with E-state index in [1.807, 2.05) is 23.1 Å². The molecule has 10 heteroatoms. The number of halogens is 3. The van der Waals surface area contributed by atoms with Crippen LogP contribution in [0.2, 0.25) is 0 Å². The maximum Gasteiger partial charge on any atom is 0.573 e. The quantitative estimate of drug-likeness (QED) is 0.342. The van der Waals surface area contributed by atoms with E-state index in [2.05, 4.69) is 10.1 Å². The highest BCUT2D eigenvalue weighted by Crippen LogP contribution is 2.37. The summed E-state index contributed by atoms with van der Waals surface area (Å²) in [7, 11) is 0. The Kier molecular flexibility index (Phi) is 8.49. The van der Waals surface area contributed by atoms with Crippen LogP contribution in [-0.2, 0) is 17.6 Å². The summed E-state index contributed by atoms with van der Waals surface area (Å²) in [5.41, 5.74) is 2.64. The van der Waals surface area contributed by atoms with Gasteiger partial charge in [0, 0.05) is 23.2 Å². The Labute approximate surface area is 224 Å². The molecule has 2 N–H and O–H groups in total. The number of anilines is 1. The van der Waals surface area contributed by atoms with Crippen LogP contribution in [0.4, 0.5) is 23.7 Å². The summed E-state index contributed by atoms with van der Waals surface area (Å²) < 4.78 is 40.4. The largest absolute Gasteiger partial charge is 0.573 e. The average molecular weight is 551 g/mol. The van der Waals surface area contributed by atoms with Gasteiger partial charge in [0.1, 0.15) is 10.5 Å². The van der Waals surface area contributed by atoms with E-state index < -0.39 is 17.1 Å². The highest BCUT2D eigenvalue weighted by atomic mass is 32.2. The minimum absolute atomic E-state index is 0.0625. The van der Waals surface area contributed by atoms with Gasteiger partial charge in [0.05, 0.1) is 0 Å². The molecule has 2 aromatic rings. The van der Waals surface area contributed by atoms with Crippen LogP contribution < -0.4 is 10.1 Å². The summed E-state index contributed by atoms with van der Waals surface area (Å²) in [5, 5.41) is 12.3. The predicted molar refractivity (Wildman–Crippen MR) is 141 cm³/mol. The van der Waals surface area contributed by atoms with Crippen molar-refractivity contribution < 1.29 is 32.6 Å². The number of nitrogens with zero attached hydrogens (tertiary/aromatic N) is 1. The van der Waals surface area contributed by atoms with Crippen molar-refractivity contribution in [1.82, 2.24) is 4.90 Å². The number of rotatable bonds is 8. The molecule has 0 radical (unpaired) electrons. The number of carbonyl (C=O) groups excluding carboxylic acids is 1. The first-order chi connectivity index (χ1) is 17.9. The van der Waals surface area contributed by atoms with E-state index in [4.69, 9.17) is 0 Å². The number of alkyl halides is 3. The fourth-order valence-electron chi connectivity index (χ4n) is 5.17. The normalized spacial score (nSPS) is 18.1. The van der Waals surface area contributed by atoms with Gasteiger partial charge in [-0.2, -0.15) is 0 Å². The molecule has 2 aromatic carbocycles. The lowest BCUT2D eigenvalue weighted by atomic mass is 9.88. The van der Waals surface area contributed by atoms with Crippen molar-refractivity contribution in [3.8, 4) is 5.75 Å². The van der Waals surface area contributed by atoms with Gasteiger partial charge in [0.25, 0.3) is 0 Å². The standard InChI is InChI=1S/C28H33F3N2O4S/c1-27(2,25(34)35)38-24-13-8-19-14-22(15-20(19)16-24)33(17-18-6-4-3-5-7-18)26(36)32-21-9-11-23(12-10-21)37-28(29,30)31/h8-13,16,18,22H,3-7,14-15,17H2,1-2H3,(H,32,36)(H,34,35). The van der Waals surface area contributed by atoms with Gasteiger partial charge >= 0.3 is 18.4 Å². The molecule has 0 saturated heterocycles. The second-order valence-electron chi connectivity index (χ2n) is 10.6. The lowest BCUT2D eigenvalue weighted by molar-refractivity contribution is -0.274. The van der Waals surface area contributed by atoms with E-state index in [-0.39, 0.29) is 17.8 Å². The van der Waals surface area contributed by atoms with Crippen LogP contribution in [0.5, 0.6) is 5.75 Å². The Bertz CT molecular complexity index is 1150. The smallest absolute Gasteiger partial charge is 0.480 e. The van der Waals surface area contributed by atoms with Crippen LogP contribution in [-0.4, -0.2) is 45.7 Å². The lowest BCUT2D eigenvalue weighted by Gasteiger charge is -2.34. The number of urea groups is 1. The van der Waals surface area contributed by atoms with Gasteiger partial charge in [-0.1, -0.05) is 25.3 Å². The summed E-state index contributed by atoms with van der Waals surface area (Å²) >= 11 is 1.30. The number of thioether (sulfide) groups is 1. The fraction of sp³-hybridized carbons (Fsp3) is 0.500. The van der Waals surface area contributed by atoms with Crippen molar-refractivity contribution in [3.63, 3.8) is 0 Å². The van der Waals surface area contributed by atoms with Gasteiger partial charge in [-0.3, -0.25) is 4.79 Å². The summed E-state index contributed by atoms with van der Waals surface area (Å²) in [6.07, 6.45) is 2.21. The Morgan fingerprint density at radius 1 is 1.03 bits per heavy atom. The van der Waals surface area contributed by atoms with E-state index >= 15 is 0 Å². The van der Waals surface area contributed by atoms with Crippen molar-refractivity contribution in [2.75, 3.05) is 11.9 Å². The van der Waals surface area contributed by atoms with Crippen LogP contribution in [0.3, 0.4) is 0 Å². The van der Waals surface area contributed by atoms with Crippen LogP contribution in [0.15, 0.2) is 47.4 Å².